The van der Waals surface area contributed by atoms with Gasteiger partial charge in [0, 0.05) is 0 Å². The number of hydrogen-bond donors (Lipinski definition) is 2. The van der Waals surface area contributed by atoms with Gasteiger partial charge in [-0.3, -0.25) is 18.9 Å². The summed E-state index contributed by atoms with van der Waals surface area (Å²) < 4.78 is 56.5. The number of rotatable bonds is 10. The molecular weight excluding hydrogens is 583 g/mol. The standard InChI is InChI=1S/C27H31N6O9P/c1-16(25(34)38-18-12-36-13-18)32-43(35,42-17-8-6-5-7-9-17)37-14-27(29-4)23-22(39-26(2,3)41-23)21(40-27)19-10-11-20-24(28)30-15-31-33(19)20/h5-11,15-16,18,21-23H,12-14H2,1-3H3,(H,32,35)(H2,28,30,31)/t16-,21-,22-,23-,27+,43?/m0/s1. The number of nitrogens with one attached hydrogen (secondary N) is 1. The van der Waals surface area contributed by atoms with Gasteiger partial charge in [0.05, 0.1) is 18.9 Å². The Morgan fingerprint density at radius 3 is 2.70 bits per heavy atom. The molecule has 0 amide bonds. The SMILES string of the molecule is [C-]#[N+][C@]1(COP(=O)(N[C@@H](C)C(=O)OC2COC2)Oc2ccccc2)O[C@@H](c2ccc3c(N)ncnn23)[C@@H]2OC(C)(C)O[C@@H]21. The molecule has 1 aromatic carbocycles. The number of carbonyl (C=O) groups excluding carboxylic acids is 1. The summed E-state index contributed by atoms with van der Waals surface area (Å²) in [6.07, 6.45) is -1.63. The van der Waals surface area contributed by atoms with Crippen LogP contribution in [0.25, 0.3) is 10.4 Å². The van der Waals surface area contributed by atoms with Crippen LogP contribution in [-0.4, -0.2) is 76.3 Å². The van der Waals surface area contributed by atoms with Crippen LogP contribution in [-0.2, 0) is 37.6 Å². The second-order valence-corrected chi connectivity index (χ2v) is 12.5. The highest BCUT2D eigenvalue weighted by Gasteiger charge is 2.69. The monoisotopic (exact) mass is 614 g/mol. The highest BCUT2D eigenvalue weighted by Crippen LogP contribution is 2.53. The molecule has 3 fully saturated rings. The molecule has 16 heteroatoms. The van der Waals surface area contributed by atoms with Gasteiger partial charge in [0.2, 0.25) is 0 Å². The van der Waals surface area contributed by atoms with Crippen LogP contribution in [0.1, 0.15) is 32.6 Å². The molecule has 0 aliphatic carbocycles. The van der Waals surface area contributed by atoms with Crippen molar-refractivity contribution in [3.63, 3.8) is 0 Å². The number of carbonyl (C=O) groups is 1. The summed E-state index contributed by atoms with van der Waals surface area (Å²) in [5.41, 5.74) is 5.30. The van der Waals surface area contributed by atoms with E-state index in [2.05, 4.69) is 20.0 Å². The summed E-state index contributed by atoms with van der Waals surface area (Å²) in [6.45, 7) is 13.1. The molecule has 0 spiro atoms. The second-order valence-electron chi connectivity index (χ2n) is 10.8. The van der Waals surface area contributed by atoms with Crippen molar-refractivity contribution in [3.8, 4) is 5.75 Å². The molecule has 1 unspecified atom stereocenters. The molecule has 2 aromatic heterocycles. The smallest absolute Gasteiger partial charge is 0.456 e. The Bertz CT molecular complexity index is 1590. The minimum absolute atomic E-state index is 0.213. The molecule has 0 bridgehead atoms. The molecule has 3 aromatic rings. The maximum atomic E-state index is 14.2. The Hall–Kier alpha value is -3.61. The average molecular weight is 615 g/mol. The van der Waals surface area contributed by atoms with E-state index in [4.69, 9.17) is 45.0 Å². The van der Waals surface area contributed by atoms with Crippen molar-refractivity contribution in [3.05, 3.63) is 65.9 Å². The van der Waals surface area contributed by atoms with Crippen LogP contribution in [0.3, 0.4) is 0 Å². The fourth-order valence-corrected chi connectivity index (χ4v) is 6.61. The van der Waals surface area contributed by atoms with E-state index in [1.165, 1.54) is 13.3 Å². The van der Waals surface area contributed by atoms with Gasteiger partial charge in [0.25, 0.3) is 0 Å². The molecule has 0 radical (unpaired) electrons. The Morgan fingerprint density at radius 1 is 1.23 bits per heavy atom. The van der Waals surface area contributed by atoms with E-state index in [0.717, 1.165) is 0 Å². The number of aromatic nitrogens is 3. The van der Waals surface area contributed by atoms with Gasteiger partial charge < -0.3 is 29.2 Å². The van der Waals surface area contributed by atoms with Crippen LogP contribution in [0.15, 0.2) is 48.8 Å². The van der Waals surface area contributed by atoms with Gasteiger partial charge in [-0.25, -0.2) is 20.6 Å². The Morgan fingerprint density at radius 2 is 2.00 bits per heavy atom. The molecule has 6 atom stereocenters. The first-order valence-corrected chi connectivity index (χ1v) is 15.1. The molecule has 228 valence electrons. The predicted octanol–water partition coefficient (Wildman–Crippen LogP) is 2.64. The molecular formula is C27H31N6O9P. The zero-order valence-corrected chi connectivity index (χ0v) is 24.5. The zero-order chi connectivity index (χ0) is 30.4. The van der Waals surface area contributed by atoms with E-state index in [0.29, 0.717) is 11.2 Å². The van der Waals surface area contributed by atoms with Gasteiger partial charge in [-0.1, -0.05) is 18.2 Å². The van der Waals surface area contributed by atoms with Gasteiger partial charge in [-0.05, 0) is 45.0 Å². The second kappa shape index (κ2) is 11.1. The lowest BCUT2D eigenvalue weighted by Crippen LogP contribution is -2.46. The van der Waals surface area contributed by atoms with E-state index in [9.17, 15) is 9.36 Å². The molecule has 3 N–H and O–H groups in total. The van der Waals surface area contributed by atoms with Crippen molar-refractivity contribution in [2.45, 2.75) is 62.7 Å². The van der Waals surface area contributed by atoms with Crippen LogP contribution in [0.2, 0.25) is 0 Å². The molecule has 3 aliphatic heterocycles. The van der Waals surface area contributed by atoms with Gasteiger partial charge in [-0.2, -0.15) is 10.2 Å². The molecule has 3 aliphatic rings. The molecule has 15 nitrogen and oxygen atoms in total. The van der Waals surface area contributed by atoms with Gasteiger partial charge in [0.15, 0.2) is 24.3 Å². The van der Waals surface area contributed by atoms with Crippen molar-refractivity contribution in [2.75, 3.05) is 25.6 Å². The molecule has 6 rings (SSSR count). The lowest BCUT2D eigenvalue weighted by molar-refractivity contribution is -0.206. The van der Waals surface area contributed by atoms with Gasteiger partial charge >= 0.3 is 19.4 Å². The molecule has 3 saturated heterocycles. The van der Waals surface area contributed by atoms with Crippen molar-refractivity contribution in [1.82, 2.24) is 19.7 Å². The quantitative estimate of drug-likeness (QED) is 0.194. The third kappa shape index (κ3) is 5.71. The van der Waals surface area contributed by atoms with E-state index >= 15 is 0 Å². The number of ether oxygens (including phenoxy) is 5. The van der Waals surface area contributed by atoms with E-state index < -0.39 is 56.2 Å². The molecule has 5 heterocycles. The largest absolute Gasteiger partial charge is 0.459 e. The number of hydrogen-bond acceptors (Lipinski definition) is 12. The minimum Gasteiger partial charge on any atom is -0.456 e. The molecule has 0 saturated carbocycles. The number of esters is 1. The Kier molecular flexibility index (Phi) is 7.64. The number of nitrogens with two attached hydrogens (primary N) is 1. The first-order chi connectivity index (χ1) is 20.5. The summed E-state index contributed by atoms with van der Waals surface area (Å²) in [6, 6.07) is 10.7. The summed E-state index contributed by atoms with van der Waals surface area (Å²) in [5, 5.41) is 6.93. The first kappa shape index (κ1) is 29.5. The Labute approximate surface area is 246 Å². The fraction of sp³-hybridized carbons (Fsp3) is 0.481. The topological polar surface area (TPSA) is 171 Å². The minimum atomic E-state index is -4.33. The number of anilines is 1. The van der Waals surface area contributed by atoms with Crippen molar-refractivity contribution < 1.29 is 42.1 Å². The number of para-hydroxylation sites is 1. The van der Waals surface area contributed by atoms with Gasteiger partial charge in [-0.15, -0.1) is 0 Å². The average Bonchev–Trinajstić information content (AvgIpc) is 3.60. The Balaban J connectivity index is 1.28. The zero-order valence-electron chi connectivity index (χ0n) is 23.6. The predicted molar refractivity (Wildman–Crippen MR) is 148 cm³/mol. The third-order valence-corrected chi connectivity index (χ3v) is 8.82. The van der Waals surface area contributed by atoms with Crippen molar-refractivity contribution in [1.29, 1.82) is 0 Å². The molecule has 43 heavy (non-hydrogen) atoms. The lowest BCUT2D eigenvalue weighted by Gasteiger charge is -2.29. The van der Waals surface area contributed by atoms with Crippen LogP contribution < -0.4 is 15.3 Å². The summed E-state index contributed by atoms with van der Waals surface area (Å²) in [7, 11) is -4.33. The number of nitrogen functional groups attached to an aromatic ring is 1. The van der Waals surface area contributed by atoms with Crippen LogP contribution in [0.5, 0.6) is 5.75 Å². The number of fused-ring (bicyclic) bond motifs is 2. The highest BCUT2D eigenvalue weighted by atomic mass is 31.2. The third-order valence-electron chi connectivity index (χ3n) is 7.20. The van der Waals surface area contributed by atoms with Crippen LogP contribution in [0, 0.1) is 6.57 Å². The maximum absolute atomic E-state index is 14.2. The summed E-state index contributed by atoms with van der Waals surface area (Å²) >= 11 is 0. The van der Waals surface area contributed by atoms with Crippen LogP contribution in [0.4, 0.5) is 5.82 Å². The van der Waals surface area contributed by atoms with Crippen LogP contribution >= 0.6 is 7.75 Å². The number of benzene rings is 1. The van der Waals surface area contributed by atoms with Crippen molar-refractivity contribution >= 4 is 25.1 Å². The fourth-order valence-electron chi connectivity index (χ4n) is 5.09. The van der Waals surface area contributed by atoms with E-state index in [1.54, 1.807) is 60.8 Å². The maximum Gasteiger partial charge on any atom is 0.459 e. The first-order valence-electron chi connectivity index (χ1n) is 13.6. The summed E-state index contributed by atoms with van der Waals surface area (Å²) in [4.78, 5) is 20.5. The number of nitrogens with zero attached hydrogens (tertiary/aromatic N) is 4. The lowest BCUT2D eigenvalue weighted by atomic mass is 10.0. The van der Waals surface area contributed by atoms with E-state index in [-0.39, 0.29) is 30.9 Å². The van der Waals surface area contributed by atoms with Gasteiger partial charge in [0.1, 0.15) is 41.9 Å². The van der Waals surface area contributed by atoms with Crippen molar-refractivity contribution in [2.24, 2.45) is 0 Å². The summed E-state index contributed by atoms with van der Waals surface area (Å²) in [5.74, 6) is -1.26. The highest BCUT2D eigenvalue weighted by molar-refractivity contribution is 7.52. The van der Waals surface area contributed by atoms with E-state index in [1.807, 2.05) is 0 Å². The normalized spacial score (nSPS) is 28.4.